The van der Waals surface area contributed by atoms with Crippen molar-refractivity contribution in [2.45, 2.75) is 63.8 Å². The van der Waals surface area contributed by atoms with E-state index in [-0.39, 0.29) is 29.7 Å². The van der Waals surface area contributed by atoms with Gasteiger partial charge in [-0.25, -0.2) is 9.03 Å². The van der Waals surface area contributed by atoms with Gasteiger partial charge in [0.1, 0.15) is 5.75 Å². The van der Waals surface area contributed by atoms with Gasteiger partial charge < -0.3 is 4.74 Å². The van der Waals surface area contributed by atoms with Gasteiger partial charge in [-0.3, -0.25) is 0 Å². The molecule has 0 aromatic heterocycles. The van der Waals surface area contributed by atoms with Crippen molar-refractivity contribution in [2.75, 3.05) is 7.11 Å². The summed E-state index contributed by atoms with van der Waals surface area (Å²) < 4.78 is 132. The maximum atomic E-state index is 13.7. The molecule has 0 bridgehead atoms. The molecule has 4 rings (SSSR count). The van der Waals surface area contributed by atoms with Crippen LogP contribution in [0.15, 0.2) is 54.6 Å². The number of hydrogen-bond acceptors (Lipinski definition) is 4. The SMILES string of the molecule is COc1ccc(C(C)C)cc1-c1ccc(C(F)(F)F)cc1CN1SN[C@H](c2cc(C(F)(F)F)cc(C(F)(F)F)c2)[C@@H]1C. The van der Waals surface area contributed by atoms with E-state index >= 15 is 0 Å². The van der Waals surface area contributed by atoms with Crippen LogP contribution in [-0.4, -0.2) is 17.5 Å². The first-order valence-electron chi connectivity index (χ1n) is 12.8. The van der Waals surface area contributed by atoms with Crippen molar-refractivity contribution < 1.29 is 44.3 Å². The average Bonchev–Trinajstić information content (AvgIpc) is 3.26. The van der Waals surface area contributed by atoms with Crippen LogP contribution < -0.4 is 9.46 Å². The third kappa shape index (κ3) is 6.84. The van der Waals surface area contributed by atoms with Crippen molar-refractivity contribution in [1.29, 1.82) is 0 Å². The van der Waals surface area contributed by atoms with Crippen LogP contribution in [0.3, 0.4) is 0 Å². The molecule has 1 N–H and O–H groups in total. The van der Waals surface area contributed by atoms with E-state index in [4.69, 9.17) is 4.74 Å². The second-order valence-electron chi connectivity index (χ2n) is 10.3. The number of nitrogens with one attached hydrogen (secondary N) is 1. The summed E-state index contributed by atoms with van der Waals surface area (Å²) in [5.74, 6) is 0.544. The molecule has 42 heavy (non-hydrogen) atoms. The van der Waals surface area contributed by atoms with Crippen molar-refractivity contribution in [3.8, 4) is 16.9 Å². The molecule has 0 spiro atoms. The molecule has 3 nitrogen and oxygen atoms in total. The smallest absolute Gasteiger partial charge is 0.416 e. The second kappa shape index (κ2) is 11.6. The first-order chi connectivity index (χ1) is 19.4. The molecule has 3 aromatic rings. The standard InChI is InChI=1S/C29H27F9N2OS/c1-15(2)17-5-8-25(41-4)24(12-17)23-7-6-20(27(30,31)32)11-19(23)14-40-16(3)26(39-42-40)18-9-21(28(33,34)35)13-22(10-18)29(36,37)38/h5-13,15-16,26,39H,14H2,1-4H3/t16-,26-/m0/s1. The lowest BCUT2D eigenvalue weighted by Crippen LogP contribution is -2.27. The zero-order valence-electron chi connectivity index (χ0n) is 22.8. The maximum Gasteiger partial charge on any atom is 0.416 e. The van der Waals surface area contributed by atoms with Gasteiger partial charge in [-0.15, -0.1) is 0 Å². The number of ether oxygens (including phenoxy) is 1. The Bertz CT molecular complexity index is 1400. The Hall–Kier alpha value is -2.90. The molecule has 0 saturated carbocycles. The first kappa shape index (κ1) is 32.0. The van der Waals surface area contributed by atoms with E-state index < -0.39 is 47.3 Å². The molecule has 3 aromatic carbocycles. The minimum Gasteiger partial charge on any atom is -0.496 e. The van der Waals surface area contributed by atoms with E-state index in [0.29, 0.717) is 29.0 Å². The lowest BCUT2D eigenvalue weighted by molar-refractivity contribution is -0.143. The Morgan fingerprint density at radius 2 is 1.38 bits per heavy atom. The summed E-state index contributed by atoms with van der Waals surface area (Å²) >= 11 is 0.919. The Balaban J connectivity index is 1.75. The number of methoxy groups -OCH3 is 1. The molecular formula is C29H27F9N2OS. The number of halogens is 9. The summed E-state index contributed by atoms with van der Waals surface area (Å²) in [6.07, 6.45) is -14.7. The fraction of sp³-hybridized carbons (Fsp3) is 0.379. The highest BCUT2D eigenvalue weighted by atomic mass is 32.2. The van der Waals surface area contributed by atoms with Gasteiger partial charge >= 0.3 is 18.5 Å². The van der Waals surface area contributed by atoms with E-state index in [9.17, 15) is 39.5 Å². The van der Waals surface area contributed by atoms with Gasteiger partial charge in [0.05, 0.1) is 29.8 Å². The van der Waals surface area contributed by atoms with E-state index in [1.807, 2.05) is 26.0 Å². The lowest BCUT2D eigenvalue weighted by Gasteiger charge is -2.25. The monoisotopic (exact) mass is 622 g/mol. The van der Waals surface area contributed by atoms with E-state index in [1.165, 1.54) is 13.2 Å². The second-order valence-corrected chi connectivity index (χ2v) is 11.2. The summed E-state index contributed by atoms with van der Waals surface area (Å²) in [5, 5.41) is 0. The average molecular weight is 623 g/mol. The summed E-state index contributed by atoms with van der Waals surface area (Å²) in [7, 11) is 1.44. The molecular weight excluding hydrogens is 595 g/mol. The number of rotatable bonds is 6. The van der Waals surface area contributed by atoms with Crippen LogP contribution in [0.4, 0.5) is 39.5 Å². The van der Waals surface area contributed by atoms with Crippen molar-refractivity contribution >= 4 is 12.1 Å². The van der Waals surface area contributed by atoms with Crippen molar-refractivity contribution in [3.63, 3.8) is 0 Å². The summed E-state index contributed by atoms with van der Waals surface area (Å²) in [5.41, 5.74) is -1.83. The molecule has 2 atom stereocenters. The zero-order valence-corrected chi connectivity index (χ0v) is 23.6. The molecule has 1 heterocycles. The summed E-state index contributed by atoms with van der Waals surface area (Å²) in [6.45, 7) is 5.41. The topological polar surface area (TPSA) is 24.5 Å². The van der Waals surface area contributed by atoms with Gasteiger partial charge in [-0.05, 0) is 77.6 Å². The van der Waals surface area contributed by atoms with E-state index in [2.05, 4.69) is 4.72 Å². The van der Waals surface area contributed by atoms with Crippen LogP contribution in [0.2, 0.25) is 0 Å². The van der Waals surface area contributed by atoms with Gasteiger partial charge in [-0.1, -0.05) is 26.0 Å². The molecule has 1 fully saturated rings. The summed E-state index contributed by atoms with van der Waals surface area (Å²) in [4.78, 5) is 0. The molecule has 1 aliphatic heterocycles. The highest BCUT2D eigenvalue weighted by Gasteiger charge is 2.40. The van der Waals surface area contributed by atoms with Gasteiger partial charge in [0.2, 0.25) is 0 Å². The molecule has 0 radical (unpaired) electrons. The number of hydrogen-bond donors (Lipinski definition) is 1. The van der Waals surface area contributed by atoms with Crippen LogP contribution in [0.5, 0.6) is 5.75 Å². The highest BCUT2D eigenvalue weighted by Crippen LogP contribution is 2.43. The predicted octanol–water partition coefficient (Wildman–Crippen LogP) is 9.64. The normalized spacial score (nSPS) is 18.6. The van der Waals surface area contributed by atoms with Crippen LogP contribution in [0.25, 0.3) is 11.1 Å². The molecule has 0 amide bonds. The third-order valence-corrected chi connectivity index (χ3v) is 8.20. The van der Waals surface area contributed by atoms with Gasteiger partial charge in [0.15, 0.2) is 0 Å². The van der Waals surface area contributed by atoms with E-state index in [1.54, 1.807) is 17.3 Å². The number of benzene rings is 3. The quantitative estimate of drug-likeness (QED) is 0.219. The van der Waals surface area contributed by atoms with Crippen molar-refractivity contribution in [1.82, 2.24) is 9.03 Å². The Labute approximate surface area is 241 Å². The lowest BCUT2D eigenvalue weighted by atomic mass is 9.92. The Kier molecular flexibility index (Phi) is 8.88. The van der Waals surface area contributed by atoms with Crippen LogP contribution in [-0.2, 0) is 25.1 Å². The summed E-state index contributed by atoms with van der Waals surface area (Å²) in [6, 6.07) is 8.41. The minimum atomic E-state index is -5.01. The van der Waals surface area contributed by atoms with Gasteiger partial charge in [0.25, 0.3) is 0 Å². The first-order valence-corrected chi connectivity index (χ1v) is 13.5. The number of alkyl halides is 9. The highest BCUT2D eigenvalue weighted by molar-refractivity contribution is 7.95. The molecule has 1 saturated heterocycles. The predicted molar refractivity (Wildman–Crippen MR) is 142 cm³/mol. The molecule has 0 aliphatic carbocycles. The van der Waals surface area contributed by atoms with Crippen molar-refractivity contribution in [2.24, 2.45) is 0 Å². The van der Waals surface area contributed by atoms with Crippen molar-refractivity contribution in [3.05, 3.63) is 88.0 Å². The van der Waals surface area contributed by atoms with Crippen LogP contribution in [0.1, 0.15) is 66.1 Å². The maximum absolute atomic E-state index is 13.7. The Morgan fingerprint density at radius 1 is 0.786 bits per heavy atom. The van der Waals surface area contributed by atoms with Crippen LogP contribution >= 0.6 is 12.1 Å². The Morgan fingerprint density at radius 3 is 1.90 bits per heavy atom. The molecule has 0 unspecified atom stereocenters. The third-order valence-electron chi connectivity index (χ3n) is 7.14. The zero-order chi connectivity index (χ0) is 31.2. The molecule has 13 heteroatoms. The van der Waals surface area contributed by atoms with E-state index in [0.717, 1.165) is 29.8 Å². The molecule has 1 aliphatic rings. The molecule has 228 valence electrons. The largest absolute Gasteiger partial charge is 0.496 e. The fourth-order valence-corrected chi connectivity index (χ4v) is 5.85. The van der Waals surface area contributed by atoms with Gasteiger partial charge in [0, 0.05) is 30.3 Å². The number of nitrogens with zero attached hydrogens (tertiary/aromatic N) is 1. The fourth-order valence-electron chi connectivity index (χ4n) is 4.78. The van der Waals surface area contributed by atoms with Gasteiger partial charge in [-0.2, -0.15) is 39.5 Å². The minimum absolute atomic E-state index is 0.0571. The van der Waals surface area contributed by atoms with Crippen LogP contribution in [0, 0.1) is 0 Å².